The Morgan fingerprint density at radius 3 is 1.43 bits per heavy atom. The van der Waals surface area contributed by atoms with E-state index in [1.807, 2.05) is 0 Å². The molecule has 4 heteroatoms. The number of carbonyl (C=O) groups excluding carboxylic acids is 2. The highest BCUT2D eigenvalue weighted by atomic mass is 16.5. The zero-order valence-corrected chi connectivity index (χ0v) is 8.94. The Morgan fingerprint density at radius 1 is 0.929 bits per heavy atom. The summed E-state index contributed by atoms with van der Waals surface area (Å²) in [5.74, 6) is -0.662. The van der Waals surface area contributed by atoms with Gasteiger partial charge in [0, 0.05) is 13.8 Å². The SMILES string of the molecule is CC(=O)OC(C)/C=C/C(C)OC(C)=O. The first kappa shape index (κ1) is 12.7. The van der Waals surface area contributed by atoms with Crippen LogP contribution in [0.4, 0.5) is 0 Å². The van der Waals surface area contributed by atoms with Crippen molar-refractivity contribution in [2.45, 2.75) is 39.9 Å². The molecule has 0 aliphatic carbocycles. The normalized spacial score (nSPS) is 14.9. The fraction of sp³-hybridized carbons (Fsp3) is 0.600. The molecule has 2 unspecified atom stereocenters. The molecule has 0 aromatic rings. The molecule has 0 N–H and O–H groups in total. The molecule has 0 rings (SSSR count). The molecule has 0 saturated carbocycles. The van der Waals surface area contributed by atoms with Crippen LogP contribution in [-0.4, -0.2) is 24.1 Å². The van der Waals surface area contributed by atoms with Gasteiger partial charge in [-0.05, 0) is 26.0 Å². The highest BCUT2D eigenvalue weighted by Crippen LogP contribution is 1.98. The average molecular weight is 200 g/mol. The summed E-state index contributed by atoms with van der Waals surface area (Å²) in [5.41, 5.74) is 0. The van der Waals surface area contributed by atoms with Crippen molar-refractivity contribution >= 4 is 11.9 Å². The molecule has 2 atom stereocenters. The number of ether oxygens (including phenoxy) is 2. The Labute approximate surface area is 83.9 Å². The summed E-state index contributed by atoms with van der Waals surface area (Å²) < 4.78 is 9.68. The Balaban J connectivity index is 3.90. The lowest BCUT2D eigenvalue weighted by Crippen LogP contribution is -2.12. The topological polar surface area (TPSA) is 52.6 Å². The quantitative estimate of drug-likeness (QED) is 0.509. The highest BCUT2D eigenvalue weighted by molar-refractivity contribution is 5.66. The fourth-order valence-electron chi connectivity index (χ4n) is 0.915. The molecule has 0 amide bonds. The second kappa shape index (κ2) is 6.18. The third-order valence-electron chi connectivity index (χ3n) is 1.36. The van der Waals surface area contributed by atoms with Gasteiger partial charge >= 0.3 is 11.9 Å². The Hall–Kier alpha value is -1.32. The maximum absolute atomic E-state index is 10.5. The van der Waals surface area contributed by atoms with Gasteiger partial charge in [0.2, 0.25) is 0 Å². The molecule has 0 heterocycles. The summed E-state index contributed by atoms with van der Waals surface area (Å²) in [7, 11) is 0. The van der Waals surface area contributed by atoms with Crippen molar-refractivity contribution in [1.82, 2.24) is 0 Å². The molecule has 80 valence electrons. The van der Waals surface area contributed by atoms with Crippen LogP contribution in [0, 0.1) is 0 Å². The molecule has 0 aliphatic rings. The van der Waals surface area contributed by atoms with Crippen molar-refractivity contribution < 1.29 is 19.1 Å². The fourth-order valence-corrected chi connectivity index (χ4v) is 0.915. The van der Waals surface area contributed by atoms with Crippen molar-refractivity contribution in [3.63, 3.8) is 0 Å². The summed E-state index contributed by atoms with van der Waals surface area (Å²) in [4.78, 5) is 21.1. The lowest BCUT2D eigenvalue weighted by molar-refractivity contribution is -0.145. The van der Waals surface area contributed by atoms with E-state index in [4.69, 9.17) is 9.47 Å². The first-order chi connectivity index (χ1) is 6.41. The van der Waals surface area contributed by atoms with Crippen LogP contribution < -0.4 is 0 Å². The van der Waals surface area contributed by atoms with Crippen molar-refractivity contribution in [3.8, 4) is 0 Å². The van der Waals surface area contributed by atoms with Crippen LogP contribution in [0.1, 0.15) is 27.7 Å². The molecule has 0 radical (unpaired) electrons. The Bertz CT molecular complexity index is 208. The van der Waals surface area contributed by atoms with E-state index in [9.17, 15) is 9.59 Å². The van der Waals surface area contributed by atoms with E-state index in [0.29, 0.717) is 0 Å². The number of esters is 2. The summed E-state index contributed by atoms with van der Waals surface area (Å²) in [6, 6.07) is 0. The minimum absolute atomic E-state index is 0.300. The van der Waals surface area contributed by atoms with E-state index in [-0.39, 0.29) is 24.1 Å². The molecular formula is C10H16O4. The summed E-state index contributed by atoms with van der Waals surface area (Å²) in [5, 5.41) is 0. The van der Waals surface area contributed by atoms with Crippen molar-refractivity contribution in [3.05, 3.63) is 12.2 Å². The largest absolute Gasteiger partial charge is 0.459 e. The zero-order valence-electron chi connectivity index (χ0n) is 8.94. The number of hydrogen-bond donors (Lipinski definition) is 0. The first-order valence-electron chi connectivity index (χ1n) is 4.44. The summed E-state index contributed by atoms with van der Waals surface area (Å²) >= 11 is 0. The van der Waals surface area contributed by atoms with Gasteiger partial charge in [-0.3, -0.25) is 9.59 Å². The van der Waals surface area contributed by atoms with Crippen LogP contribution in [-0.2, 0) is 19.1 Å². The van der Waals surface area contributed by atoms with Gasteiger partial charge < -0.3 is 9.47 Å². The van der Waals surface area contributed by atoms with Crippen LogP contribution in [0.2, 0.25) is 0 Å². The maximum Gasteiger partial charge on any atom is 0.303 e. The van der Waals surface area contributed by atoms with Crippen LogP contribution >= 0.6 is 0 Å². The molecule has 0 spiro atoms. The van der Waals surface area contributed by atoms with Crippen LogP contribution in [0.5, 0.6) is 0 Å². The average Bonchev–Trinajstić information content (AvgIpc) is 1.98. The van der Waals surface area contributed by atoms with Gasteiger partial charge in [0.25, 0.3) is 0 Å². The molecule has 0 aromatic heterocycles. The molecule has 4 nitrogen and oxygen atoms in total. The van der Waals surface area contributed by atoms with Gasteiger partial charge in [0.15, 0.2) is 0 Å². The predicted molar refractivity (Wildman–Crippen MR) is 51.6 cm³/mol. The predicted octanol–water partition coefficient (Wildman–Crippen LogP) is 1.45. The van der Waals surface area contributed by atoms with Crippen LogP contribution in [0.15, 0.2) is 12.2 Å². The summed E-state index contributed by atoms with van der Waals surface area (Å²) in [6.45, 7) is 6.16. The lowest BCUT2D eigenvalue weighted by Gasteiger charge is -2.09. The van der Waals surface area contributed by atoms with Gasteiger partial charge in [-0.1, -0.05) is 0 Å². The highest BCUT2D eigenvalue weighted by Gasteiger charge is 2.03. The number of carbonyl (C=O) groups is 2. The van der Waals surface area contributed by atoms with E-state index >= 15 is 0 Å². The van der Waals surface area contributed by atoms with Crippen LogP contribution in [0.25, 0.3) is 0 Å². The summed E-state index contributed by atoms with van der Waals surface area (Å²) in [6.07, 6.45) is 2.75. The van der Waals surface area contributed by atoms with Crippen molar-refractivity contribution in [2.75, 3.05) is 0 Å². The van der Waals surface area contributed by atoms with Gasteiger partial charge in [-0.2, -0.15) is 0 Å². The lowest BCUT2D eigenvalue weighted by atomic mass is 10.3. The minimum atomic E-state index is -0.331. The molecule has 0 bridgehead atoms. The van der Waals surface area contributed by atoms with Crippen LogP contribution in [0.3, 0.4) is 0 Å². The third kappa shape index (κ3) is 7.34. The molecular weight excluding hydrogens is 184 g/mol. The molecule has 0 fully saturated rings. The van der Waals surface area contributed by atoms with Crippen molar-refractivity contribution in [2.24, 2.45) is 0 Å². The first-order valence-corrected chi connectivity index (χ1v) is 4.44. The van der Waals surface area contributed by atoms with Gasteiger partial charge in [-0.15, -0.1) is 0 Å². The van der Waals surface area contributed by atoms with Gasteiger partial charge in [-0.25, -0.2) is 0 Å². The van der Waals surface area contributed by atoms with E-state index in [2.05, 4.69) is 0 Å². The molecule has 0 aromatic carbocycles. The molecule has 0 saturated heterocycles. The van der Waals surface area contributed by atoms with Gasteiger partial charge in [0.05, 0.1) is 0 Å². The van der Waals surface area contributed by atoms with E-state index in [1.165, 1.54) is 13.8 Å². The second-order valence-corrected chi connectivity index (χ2v) is 3.01. The molecule has 0 aliphatic heterocycles. The van der Waals surface area contributed by atoms with E-state index in [1.54, 1.807) is 26.0 Å². The second-order valence-electron chi connectivity index (χ2n) is 3.01. The minimum Gasteiger partial charge on any atom is -0.459 e. The number of hydrogen-bond acceptors (Lipinski definition) is 4. The van der Waals surface area contributed by atoms with E-state index in [0.717, 1.165) is 0 Å². The van der Waals surface area contributed by atoms with Gasteiger partial charge in [0.1, 0.15) is 12.2 Å². The standard InChI is InChI=1S/C10H16O4/c1-7(13-9(3)11)5-6-8(2)14-10(4)12/h5-8H,1-4H3/b6-5+. The Morgan fingerprint density at radius 2 is 1.21 bits per heavy atom. The van der Waals surface area contributed by atoms with Crippen molar-refractivity contribution in [1.29, 1.82) is 0 Å². The number of rotatable bonds is 4. The third-order valence-corrected chi connectivity index (χ3v) is 1.36. The Kier molecular flexibility index (Phi) is 5.60. The maximum atomic E-state index is 10.5. The van der Waals surface area contributed by atoms with E-state index < -0.39 is 0 Å². The monoisotopic (exact) mass is 200 g/mol. The smallest absolute Gasteiger partial charge is 0.303 e. The zero-order chi connectivity index (χ0) is 11.1. The molecule has 14 heavy (non-hydrogen) atoms.